The number of fused-ring (bicyclic) bond motifs is 6. The van der Waals surface area contributed by atoms with Crippen molar-refractivity contribution in [3.8, 4) is 22.5 Å². The quantitative estimate of drug-likeness (QED) is 0.234. The number of hydrogen-bond acceptors (Lipinski definition) is 0. The van der Waals surface area contributed by atoms with Crippen LogP contribution in [0, 0.1) is 0 Å². The van der Waals surface area contributed by atoms with Gasteiger partial charge in [-0.2, -0.15) is 0 Å². The molecule has 0 spiro atoms. The van der Waals surface area contributed by atoms with E-state index < -0.39 is 0 Å². The van der Waals surface area contributed by atoms with Crippen LogP contribution in [0.25, 0.3) is 66.1 Å². The predicted octanol–water partition coefficient (Wildman–Crippen LogP) is 9.55. The largest absolute Gasteiger partial charge is 0.309 e. The second kappa shape index (κ2) is 8.22. The van der Waals surface area contributed by atoms with E-state index in [0.717, 1.165) is 49.6 Å². The van der Waals surface area contributed by atoms with E-state index in [1.54, 1.807) is 0 Å². The smallest absolute Gasteiger partial charge is 0.0645 e. The fourth-order valence-corrected chi connectivity index (χ4v) is 5.75. The van der Waals surface area contributed by atoms with E-state index in [9.17, 15) is 0 Å². The SMILES string of the molecule is [2H]c1c([2H])c([2H])c2c(c1[2H])c1ccccc1n2-c1ccc2c3ccccc3n(-c3ccc(-c4ccccc4)cc3)c2c1. The first-order chi connectivity index (χ1) is 20.5. The molecule has 2 heterocycles. The van der Waals surface area contributed by atoms with Crippen LogP contribution in [0.5, 0.6) is 0 Å². The fourth-order valence-electron chi connectivity index (χ4n) is 5.75. The molecule has 2 heteroatoms. The van der Waals surface area contributed by atoms with Gasteiger partial charge >= 0.3 is 0 Å². The van der Waals surface area contributed by atoms with Gasteiger partial charge in [-0.1, -0.05) is 103 Å². The van der Waals surface area contributed by atoms with Crippen molar-refractivity contribution in [1.82, 2.24) is 9.13 Å². The number of benzene rings is 6. The molecule has 8 rings (SSSR count). The molecule has 2 aromatic heterocycles. The average molecular weight is 489 g/mol. The van der Waals surface area contributed by atoms with E-state index in [2.05, 4.69) is 77.4 Å². The lowest BCUT2D eigenvalue weighted by Gasteiger charge is -2.12. The van der Waals surface area contributed by atoms with E-state index in [1.807, 2.05) is 53.1 Å². The topological polar surface area (TPSA) is 9.86 Å². The van der Waals surface area contributed by atoms with E-state index in [0.29, 0.717) is 10.9 Å². The Morgan fingerprint density at radius 1 is 0.395 bits per heavy atom. The van der Waals surface area contributed by atoms with Crippen LogP contribution in [0.3, 0.4) is 0 Å². The molecule has 0 amide bonds. The first kappa shape index (κ1) is 17.4. The van der Waals surface area contributed by atoms with Gasteiger partial charge in [0.15, 0.2) is 0 Å². The molecule has 0 aliphatic carbocycles. The average Bonchev–Trinajstić information content (AvgIpc) is 3.56. The lowest BCUT2D eigenvalue weighted by atomic mass is 10.1. The Bertz CT molecular complexity index is 2330. The first-order valence-electron chi connectivity index (χ1n) is 14.7. The molecular formula is C36H24N2. The minimum Gasteiger partial charge on any atom is -0.309 e. The van der Waals surface area contributed by atoms with Crippen molar-refractivity contribution in [2.24, 2.45) is 0 Å². The molecule has 0 saturated carbocycles. The molecule has 0 saturated heterocycles. The Hall–Kier alpha value is -5.08. The first-order valence-corrected chi connectivity index (χ1v) is 12.7. The zero-order chi connectivity index (χ0) is 28.5. The van der Waals surface area contributed by atoms with E-state index in [1.165, 1.54) is 5.56 Å². The Labute approximate surface area is 226 Å². The summed E-state index contributed by atoms with van der Waals surface area (Å²) in [6.45, 7) is 0. The molecule has 0 atom stereocenters. The zero-order valence-electron chi connectivity index (χ0n) is 24.4. The number of hydrogen-bond donors (Lipinski definition) is 0. The van der Waals surface area contributed by atoms with Gasteiger partial charge in [0, 0.05) is 32.9 Å². The Kier molecular flexibility index (Phi) is 3.76. The van der Waals surface area contributed by atoms with Crippen molar-refractivity contribution in [3.63, 3.8) is 0 Å². The lowest BCUT2D eigenvalue weighted by molar-refractivity contribution is 1.15. The van der Waals surface area contributed by atoms with Gasteiger partial charge in [-0.15, -0.1) is 0 Å². The Balaban J connectivity index is 1.42. The molecular weight excluding hydrogens is 460 g/mol. The highest BCUT2D eigenvalue weighted by molar-refractivity contribution is 6.12. The van der Waals surface area contributed by atoms with Crippen molar-refractivity contribution in [1.29, 1.82) is 0 Å². The third-order valence-electron chi connectivity index (χ3n) is 7.45. The second-order valence-corrected chi connectivity index (χ2v) is 9.54. The highest BCUT2D eigenvalue weighted by atomic mass is 15.0. The summed E-state index contributed by atoms with van der Waals surface area (Å²) >= 11 is 0. The van der Waals surface area contributed by atoms with Crippen LogP contribution in [-0.2, 0) is 0 Å². The normalized spacial score (nSPS) is 13.2. The standard InChI is InChI=1S/C36H24N2/c1-2-10-25(11-3-1)26-18-20-27(21-19-26)37-33-15-7-6-14-31(33)32-23-22-28(24-36(32)37)38-34-16-8-4-12-29(34)30-13-5-9-17-35(30)38/h1-24H/i4D,8D,12D,16D. The molecule has 2 nitrogen and oxygen atoms in total. The Morgan fingerprint density at radius 3 is 1.71 bits per heavy atom. The maximum absolute atomic E-state index is 8.85. The van der Waals surface area contributed by atoms with Crippen molar-refractivity contribution in [2.45, 2.75) is 0 Å². The highest BCUT2D eigenvalue weighted by Gasteiger charge is 2.16. The van der Waals surface area contributed by atoms with Gasteiger partial charge < -0.3 is 9.13 Å². The summed E-state index contributed by atoms with van der Waals surface area (Å²) < 4.78 is 38.5. The minimum atomic E-state index is -0.231. The lowest BCUT2D eigenvalue weighted by Crippen LogP contribution is -1.97. The summed E-state index contributed by atoms with van der Waals surface area (Å²) in [5.74, 6) is 0. The summed E-state index contributed by atoms with van der Waals surface area (Å²) in [5.41, 5.74) is 7.65. The van der Waals surface area contributed by atoms with Gasteiger partial charge in [-0.25, -0.2) is 0 Å². The number of aromatic nitrogens is 2. The molecule has 0 unspecified atom stereocenters. The van der Waals surface area contributed by atoms with Crippen LogP contribution < -0.4 is 0 Å². The van der Waals surface area contributed by atoms with Crippen LogP contribution >= 0.6 is 0 Å². The van der Waals surface area contributed by atoms with E-state index in [4.69, 9.17) is 5.48 Å². The molecule has 0 aliphatic rings. The minimum absolute atomic E-state index is 0.0188. The van der Waals surface area contributed by atoms with Crippen LogP contribution in [0.2, 0.25) is 0 Å². The fraction of sp³-hybridized carbons (Fsp3) is 0. The molecule has 0 bridgehead atoms. The molecule has 6 aromatic carbocycles. The molecule has 0 radical (unpaired) electrons. The number of nitrogens with zero attached hydrogens (tertiary/aromatic N) is 2. The van der Waals surface area contributed by atoms with Crippen molar-refractivity contribution < 1.29 is 5.48 Å². The van der Waals surface area contributed by atoms with E-state index >= 15 is 0 Å². The third kappa shape index (κ3) is 3.07. The molecule has 0 aliphatic heterocycles. The third-order valence-corrected chi connectivity index (χ3v) is 7.45. The van der Waals surface area contributed by atoms with Crippen molar-refractivity contribution in [3.05, 3.63) is 145 Å². The zero-order valence-corrected chi connectivity index (χ0v) is 20.4. The van der Waals surface area contributed by atoms with Crippen LogP contribution in [-0.4, -0.2) is 9.13 Å². The maximum atomic E-state index is 8.85. The second-order valence-electron chi connectivity index (χ2n) is 9.54. The maximum Gasteiger partial charge on any atom is 0.0645 e. The molecule has 0 fully saturated rings. The summed E-state index contributed by atoms with van der Waals surface area (Å²) in [5, 5.41) is 3.60. The number of rotatable bonds is 3. The van der Waals surface area contributed by atoms with Crippen molar-refractivity contribution in [2.75, 3.05) is 0 Å². The summed E-state index contributed by atoms with van der Waals surface area (Å²) in [4.78, 5) is 0. The van der Waals surface area contributed by atoms with Gasteiger partial charge in [-0.05, 0) is 53.6 Å². The van der Waals surface area contributed by atoms with E-state index in [-0.39, 0.29) is 24.2 Å². The summed E-state index contributed by atoms with van der Waals surface area (Å²) in [6.07, 6.45) is 0. The van der Waals surface area contributed by atoms with Crippen LogP contribution in [0.15, 0.2) is 145 Å². The van der Waals surface area contributed by atoms with Crippen molar-refractivity contribution >= 4 is 43.6 Å². The van der Waals surface area contributed by atoms with Gasteiger partial charge in [0.05, 0.1) is 27.5 Å². The van der Waals surface area contributed by atoms with Gasteiger partial charge in [0.2, 0.25) is 0 Å². The molecule has 38 heavy (non-hydrogen) atoms. The molecule has 178 valence electrons. The molecule has 8 aromatic rings. The predicted molar refractivity (Wildman–Crippen MR) is 161 cm³/mol. The van der Waals surface area contributed by atoms with Crippen LogP contribution in [0.1, 0.15) is 5.48 Å². The summed E-state index contributed by atoms with van der Waals surface area (Å²) in [6, 6.07) is 40.9. The highest BCUT2D eigenvalue weighted by Crippen LogP contribution is 2.37. The van der Waals surface area contributed by atoms with Gasteiger partial charge in [0.1, 0.15) is 0 Å². The molecule has 0 N–H and O–H groups in total. The van der Waals surface area contributed by atoms with Gasteiger partial charge in [-0.3, -0.25) is 0 Å². The summed E-state index contributed by atoms with van der Waals surface area (Å²) in [7, 11) is 0. The Morgan fingerprint density at radius 2 is 0.947 bits per heavy atom. The van der Waals surface area contributed by atoms with Crippen LogP contribution in [0.4, 0.5) is 0 Å². The van der Waals surface area contributed by atoms with Gasteiger partial charge in [0.25, 0.3) is 0 Å². The monoisotopic (exact) mass is 488 g/mol. The number of para-hydroxylation sites is 3.